The van der Waals surface area contributed by atoms with E-state index in [1.807, 2.05) is 6.92 Å². The Hall–Kier alpha value is -6.17. The van der Waals surface area contributed by atoms with Crippen molar-refractivity contribution in [2.45, 2.75) is 26.7 Å². The van der Waals surface area contributed by atoms with Crippen molar-refractivity contribution < 1.29 is 38.1 Å². The predicted molar refractivity (Wildman–Crippen MR) is 181 cm³/mol. The third-order valence-corrected chi connectivity index (χ3v) is 6.68. The number of hydrogen-bond donors (Lipinski definition) is 3. The summed E-state index contributed by atoms with van der Waals surface area (Å²) in [4.78, 5) is 50.7. The number of amides is 3. The van der Waals surface area contributed by atoms with Gasteiger partial charge in [0.25, 0.3) is 5.91 Å². The van der Waals surface area contributed by atoms with E-state index in [0.717, 1.165) is 12.8 Å². The third-order valence-electron chi connectivity index (χ3n) is 6.68. The van der Waals surface area contributed by atoms with Gasteiger partial charge in [0.15, 0.2) is 11.5 Å². The van der Waals surface area contributed by atoms with Gasteiger partial charge in [-0.15, -0.1) is 0 Å². The molecule has 12 heteroatoms. The van der Waals surface area contributed by atoms with E-state index in [4.69, 9.17) is 18.9 Å². The van der Waals surface area contributed by atoms with Crippen molar-refractivity contribution in [1.82, 2.24) is 5.43 Å². The summed E-state index contributed by atoms with van der Waals surface area (Å²) in [5.74, 6) is -1.40. The summed E-state index contributed by atoms with van der Waals surface area (Å²) < 4.78 is 21.9. The minimum Gasteiger partial charge on any atom is -0.494 e. The minimum absolute atomic E-state index is 0.135. The molecule has 4 aromatic rings. The summed E-state index contributed by atoms with van der Waals surface area (Å²) in [5, 5.41) is 9.03. The highest BCUT2D eigenvalue weighted by Gasteiger charge is 2.18. The lowest BCUT2D eigenvalue weighted by Crippen LogP contribution is -2.33. The number of anilines is 2. The SMILES string of the molecule is CCCCOc1ccc(C(=O)Oc2ccc(/C=N\NC(=O)C(=O)Nc3ccccc3C(=O)Nc3ccc(OCC)cc3)cc2OC)cc1. The molecule has 3 amide bonds. The molecule has 0 fully saturated rings. The number of carbonyl (C=O) groups is 4. The maximum Gasteiger partial charge on any atom is 0.343 e. The highest BCUT2D eigenvalue weighted by molar-refractivity contribution is 6.40. The lowest BCUT2D eigenvalue weighted by atomic mass is 10.1. The van der Waals surface area contributed by atoms with Gasteiger partial charge in [0, 0.05) is 5.69 Å². The van der Waals surface area contributed by atoms with E-state index < -0.39 is 23.7 Å². The van der Waals surface area contributed by atoms with E-state index in [1.165, 1.54) is 31.5 Å². The molecule has 0 atom stereocenters. The Bertz CT molecular complexity index is 1760. The molecule has 0 unspecified atom stereocenters. The van der Waals surface area contributed by atoms with E-state index in [-0.39, 0.29) is 22.7 Å². The fourth-order valence-electron chi connectivity index (χ4n) is 4.21. The van der Waals surface area contributed by atoms with Crippen molar-refractivity contribution in [3.63, 3.8) is 0 Å². The molecule has 0 aromatic heterocycles. The molecule has 0 bridgehead atoms. The second-order valence-corrected chi connectivity index (χ2v) is 10.1. The Morgan fingerprint density at radius 3 is 2.19 bits per heavy atom. The largest absolute Gasteiger partial charge is 0.494 e. The van der Waals surface area contributed by atoms with Gasteiger partial charge in [-0.1, -0.05) is 25.5 Å². The quantitative estimate of drug-likeness (QED) is 0.0384. The zero-order chi connectivity index (χ0) is 34.3. The van der Waals surface area contributed by atoms with Crippen molar-refractivity contribution in [3.05, 3.63) is 108 Å². The number of hydrogen-bond acceptors (Lipinski definition) is 9. The van der Waals surface area contributed by atoms with E-state index in [2.05, 4.69) is 28.1 Å². The second kappa shape index (κ2) is 17.5. The molecular weight excluding hydrogens is 616 g/mol. The van der Waals surface area contributed by atoms with Gasteiger partial charge in [-0.2, -0.15) is 5.10 Å². The van der Waals surface area contributed by atoms with Crippen LogP contribution in [-0.4, -0.2) is 50.2 Å². The topological polar surface area (TPSA) is 154 Å². The van der Waals surface area contributed by atoms with Gasteiger partial charge < -0.3 is 29.6 Å². The molecule has 248 valence electrons. The Morgan fingerprint density at radius 2 is 1.48 bits per heavy atom. The highest BCUT2D eigenvalue weighted by atomic mass is 16.6. The van der Waals surface area contributed by atoms with Crippen molar-refractivity contribution in [3.8, 4) is 23.0 Å². The first-order chi connectivity index (χ1) is 23.3. The van der Waals surface area contributed by atoms with Crippen LogP contribution in [0.1, 0.15) is 53.0 Å². The standard InChI is InChI=1S/C36H36N4O8/c1-4-6-21-47-28-16-12-25(13-17-28)36(44)48-31-20-11-24(22-32(31)45-3)23-37-40-35(43)34(42)39-30-10-8-7-9-29(30)33(41)38-26-14-18-27(19-15-26)46-5-2/h7-20,22-23H,4-6,21H2,1-3H3,(H,38,41)(H,39,42)(H,40,43)/b37-23-. The van der Waals surface area contributed by atoms with E-state index in [1.54, 1.807) is 72.8 Å². The number of hydrazone groups is 1. The van der Waals surface area contributed by atoms with Crippen LogP contribution in [0, 0.1) is 0 Å². The first kappa shape index (κ1) is 34.7. The number of methoxy groups -OCH3 is 1. The van der Waals surface area contributed by atoms with Gasteiger partial charge in [-0.25, -0.2) is 10.2 Å². The van der Waals surface area contributed by atoms with Crippen LogP contribution in [0.15, 0.2) is 96.1 Å². The lowest BCUT2D eigenvalue weighted by molar-refractivity contribution is -0.136. The van der Waals surface area contributed by atoms with Crippen LogP contribution < -0.4 is 35.0 Å². The van der Waals surface area contributed by atoms with Crippen LogP contribution in [0.5, 0.6) is 23.0 Å². The Labute approximate surface area is 278 Å². The summed E-state index contributed by atoms with van der Waals surface area (Å²) in [6.45, 7) is 5.07. The van der Waals surface area contributed by atoms with Crippen LogP contribution in [0.4, 0.5) is 11.4 Å². The fraction of sp³-hybridized carbons (Fsp3) is 0.194. The van der Waals surface area contributed by atoms with E-state index in [9.17, 15) is 19.2 Å². The second-order valence-electron chi connectivity index (χ2n) is 10.1. The normalized spacial score (nSPS) is 10.6. The molecule has 0 saturated heterocycles. The summed E-state index contributed by atoms with van der Waals surface area (Å²) in [6.07, 6.45) is 3.25. The predicted octanol–water partition coefficient (Wildman–Crippen LogP) is 5.83. The molecule has 4 rings (SSSR count). The van der Waals surface area contributed by atoms with E-state index >= 15 is 0 Å². The Morgan fingerprint density at radius 1 is 0.771 bits per heavy atom. The average molecular weight is 653 g/mol. The monoisotopic (exact) mass is 652 g/mol. The molecular formula is C36H36N4O8. The van der Waals surface area contributed by atoms with Crippen molar-refractivity contribution >= 4 is 41.3 Å². The lowest BCUT2D eigenvalue weighted by Gasteiger charge is -2.11. The summed E-state index contributed by atoms with van der Waals surface area (Å²) >= 11 is 0. The van der Waals surface area contributed by atoms with Gasteiger partial charge in [0.1, 0.15) is 11.5 Å². The molecule has 0 aliphatic carbocycles. The highest BCUT2D eigenvalue weighted by Crippen LogP contribution is 2.29. The third kappa shape index (κ3) is 9.91. The number of esters is 1. The number of unbranched alkanes of at least 4 members (excludes halogenated alkanes) is 1. The van der Waals surface area contributed by atoms with Gasteiger partial charge in [-0.05, 0) is 97.8 Å². The number of benzene rings is 4. The van der Waals surface area contributed by atoms with E-state index in [0.29, 0.717) is 41.5 Å². The molecule has 12 nitrogen and oxygen atoms in total. The van der Waals surface area contributed by atoms with Crippen LogP contribution in [0.3, 0.4) is 0 Å². The number of rotatable bonds is 14. The first-order valence-corrected chi connectivity index (χ1v) is 15.2. The zero-order valence-electron chi connectivity index (χ0n) is 26.8. The zero-order valence-corrected chi connectivity index (χ0v) is 26.8. The van der Waals surface area contributed by atoms with Crippen LogP contribution in [0.25, 0.3) is 0 Å². The molecule has 0 saturated carbocycles. The molecule has 0 aliphatic rings. The molecule has 3 N–H and O–H groups in total. The van der Waals surface area contributed by atoms with Crippen LogP contribution in [-0.2, 0) is 9.59 Å². The summed E-state index contributed by atoms with van der Waals surface area (Å²) in [5.41, 5.74) is 3.78. The fourth-order valence-corrected chi connectivity index (χ4v) is 4.21. The molecule has 4 aromatic carbocycles. The summed E-state index contributed by atoms with van der Waals surface area (Å²) in [7, 11) is 1.42. The first-order valence-electron chi connectivity index (χ1n) is 15.2. The van der Waals surface area contributed by atoms with Gasteiger partial charge in [0.2, 0.25) is 0 Å². The molecule has 0 aliphatic heterocycles. The van der Waals surface area contributed by atoms with Gasteiger partial charge in [0.05, 0.1) is 43.4 Å². The smallest absolute Gasteiger partial charge is 0.343 e. The average Bonchev–Trinajstić information content (AvgIpc) is 3.10. The summed E-state index contributed by atoms with van der Waals surface area (Å²) in [6, 6.07) is 24.4. The van der Waals surface area contributed by atoms with Crippen molar-refractivity contribution in [2.75, 3.05) is 31.0 Å². The van der Waals surface area contributed by atoms with Gasteiger partial charge in [-0.3, -0.25) is 14.4 Å². The minimum atomic E-state index is -1.06. The maximum atomic E-state index is 12.9. The van der Waals surface area contributed by atoms with Gasteiger partial charge >= 0.3 is 17.8 Å². The van der Waals surface area contributed by atoms with Crippen LogP contribution in [0.2, 0.25) is 0 Å². The van der Waals surface area contributed by atoms with Crippen molar-refractivity contribution in [2.24, 2.45) is 5.10 Å². The molecule has 0 heterocycles. The number of nitrogens with one attached hydrogen (secondary N) is 3. The molecule has 48 heavy (non-hydrogen) atoms. The number of ether oxygens (including phenoxy) is 4. The number of nitrogens with zero attached hydrogens (tertiary/aromatic N) is 1. The van der Waals surface area contributed by atoms with Crippen molar-refractivity contribution in [1.29, 1.82) is 0 Å². The molecule has 0 radical (unpaired) electrons. The molecule has 0 spiro atoms. The number of para-hydroxylation sites is 1. The Kier molecular flexibility index (Phi) is 12.7. The Balaban J connectivity index is 1.32. The maximum absolute atomic E-state index is 12.9. The van der Waals surface area contributed by atoms with Crippen LogP contribution >= 0.6 is 0 Å². The number of carbonyl (C=O) groups excluding carboxylic acids is 4.